The van der Waals surface area contributed by atoms with Gasteiger partial charge in [-0.3, -0.25) is 9.79 Å². The monoisotopic (exact) mass is 653 g/mol. The van der Waals surface area contributed by atoms with Crippen LogP contribution in [0.5, 0.6) is 0 Å². The molecule has 1 unspecified atom stereocenters. The third-order valence-electron chi connectivity index (χ3n) is 11.9. The summed E-state index contributed by atoms with van der Waals surface area (Å²) in [4.78, 5) is 41.0. The van der Waals surface area contributed by atoms with E-state index >= 15 is 0 Å². The maximum atomic E-state index is 13.8. The first-order valence-electron chi connectivity index (χ1n) is 17.9. The molecular weight excluding hydrogens is 610 g/mol. The van der Waals surface area contributed by atoms with Crippen LogP contribution in [0.15, 0.2) is 78.1 Å². The van der Waals surface area contributed by atoms with Gasteiger partial charge in [0.25, 0.3) is 0 Å². The van der Waals surface area contributed by atoms with Crippen LogP contribution in [0.4, 0.5) is 4.79 Å². The summed E-state index contributed by atoms with van der Waals surface area (Å²) in [7, 11) is 1.33. The number of nitrogens with one attached hydrogen (secondary N) is 2. The number of amides is 2. The fourth-order valence-electron chi connectivity index (χ4n) is 8.86. The maximum absolute atomic E-state index is 13.8. The zero-order valence-corrected chi connectivity index (χ0v) is 28.4. The molecule has 4 aromatic rings. The molecule has 3 aromatic carbocycles. The van der Waals surface area contributed by atoms with Crippen molar-refractivity contribution in [1.82, 2.24) is 20.2 Å². The second-order valence-corrected chi connectivity index (χ2v) is 15.3. The van der Waals surface area contributed by atoms with Crippen LogP contribution < -0.4 is 5.32 Å². The van der Waals surface area contributed by atoms with Crippen LogP contribution in [0, 0.1) is 23.7 Å². The fourth-order valence-corrected chi connectivity index (χ4v) is 8.86. The van der Waals surface area contributed by atoms with Crippen LogP contribution in [-0.2, 0) is 9.53 Å². The average molecular weight is 654 g/mol. The number of imidazole rings is 1. The topological polar surface area (TPSA) is 99.7 Å². The molecule has 0 bridgehead atoms. The number of benzene rings is 3. The quantitative estimate of drug-likeness (QED) is 0.202. The van der Waals surface area contributed by atoms with Gasteiger partial charge in [-0.2, -0.15) is 0 Å². The van der Waals surface area contributed by atoms with Gasteiger partial charge in [-0.15, -0.1) is 0 Å². The molecule has 3 aliphatic carbocycles. The Kier molecular flexibility index (Phi) is 7.25. The van der Waals surface area contributed by atoms with Gasteiger partial charge in [0, 0.05) is 35.9 Å². The minimum absolute atomic E-state index is 0.0313. The molecule has 2 aliphatic heterocycles. The Hall–Kier alpha value is -4.72. The van der Waals surface area contributed by atoms with E-state index in [1.165, 1.54) is 59.4 Å². The van der Waals surface area contributed by atoms with Crippen LogP contribution in [0.2, 0.25) is 0 Å². The number of rotatable bonds is 8. The molecule has 8 heteroatoms. The van der Waals surface area contributed by atoms with Gasteiger partial charge >= 0.3 is 6.09 Å². The predicted molar refractivity (Wildman–Crippen MR) is 192 cm³/mol. The third-order valence-corrected chi connectivity index (χ3v) is 11.9. The Morgan fingerprint density at radius 2 is 1.55 bits per heavy atom. The molecule has 2 N–H and O–H groups in total. The Morgan fingerprint density at radius 1 is 0.857 bits per heavy atom. The zero-order chi connectivity index (χ0) is 33.4. The van der Waals surface area contributed by atoms with Gasteiger partial charge in [-0.05, 0) is 101 Å². The van der Waals surface area contributed by atoms with Gasteiger partial charge in [0.15, 0.2) is 0 Å². The highest BCUT2D eigenvalue weighted by atomic mass is 16.5. The van der Waals surface area contributed by atoms with Crippen molar-refractivity contribution in [1.29, 1.82) is 0 Å². The molecule has 49 heavy (non-hydrogen) atoms. The fraction of sp³-hybridized carbons (Fsp3) is 0.415. The number of ether oxygens (including phenoxy) is 1. The molecule has 3 saturated carbocycles. The molecule has 3 heterocycles. The maximum Gasteiger partial charge on any atom is 0.407 e. The van der Waals surface area contributed by atoms with Crippen molar-refractivity contribution in [3.63, 3.8) is 0 Å². The van der Waals surface area contributed by atoms with E-state index in [1.807, 2.05) is 31.1 Å². The standard InChI is InChI=1S/C41H43N5O3/c1-22(2)38(45-41(48)49-3)40(47)46-36-18-31(36)19-37(46)34-17-33(20-42-34)24-6-4-23(5-7-24)25-8-9-27-13-28(11-10-26(27)12-25)35-21-43-39(44-35)32-15-29-14-30(29)16-32/h4-13,20-22,29-32,36-38H,14-19H2,1-3H3,(H,43,44)(H,45,48)/t29-,30+,31-,32?,36-,37+,38+/m1/s1. The summed E-state index contributed by atoms with van der Waals surface area (Å²) in [6, 6.07) is 21.7. The lowest BCUT2D eigenvalue weighted by molar-refractivity contribution is -0.135. The Balaban J connectivity index is 0.865. The van der Waals surface area contributed by atoms with E-state index in [9.17, 15) is 9.59 Å². The van der Waals surface area contributed by atoms with Gasteiger partial charge < -0.3 is 19.9 Å². The molecule has 8 nitrogen and oxygen atoms in total. The highest BCUT2D eigenvalue weighted by Gasteiger charge is 2.56. The van der Waals surface area contributed by atoms with Gasteiger partial charge in [0.05, 0.1) is 25.0 Å². The SMILES string of the molecule is COC(=O)N[C@H](C(=O)N1[C@@H]2C[C@@H]2C[C@H]1C1=NC=C(c2ccc(-c3ccc4cc(-c5cnc(C6C[C@@H]7C[C@@H]7C6)[nH]5)ccc4c3)cc2)C1)C(C)C. The van der Waals surface area contributed by atoms with E-state index < -0.39 is 12.1 Å². The Labute approximate surface area is 287 Å². The number of allylic oxidation sites excluding steroid dienone is 1. The van der Waals surface area contributed by atoms with Crippen LogP contribution in [0.3, 0.4) is 0 Å². The first-order chi connectivity index (χ1) is 23.8. The van der Waals surface area contributed by atoms with Crippen LogP contribution in [0.1, 0.15) is 69.7 Å². The lowest BCUT2D eigenvalue weighted by atomic mass is 9.94. The second kappa shape index (κ2) is 11.7. The summed E-state index contributed by atoms with van der Waals surface area (Å²) in [5.74, 6) is 4.10. The van der Waals surface area contributed by atoms with Crippen LogP contribution >= 0.6 is 0 Å². The number of methoxy groups -OCH3 is 1. The molecule has 0 radical (unpaired) electrons. The highest BCUT2D eigenvalue weighted by molar-refractivity contribution is 6.04. The minimum atomic E-state index is -0.621. The van der Waals surface area contributed by atoms with Gasteiger partial charge in [0.1, 0.15) is 11.9 Å². The number of fused-ring (bicyclic) bond motifs is 3. The number of hydrogen-bond acceptors (Lipinski definition) is 5. The zero-order valence-electron chi connectivity index (χ0n) is 28.4. The minimum Gasteiger partial charge on any atom is -0.453 e. The second-order valence-electron chi connectivity index (χ2n) is 15.3. The van der Waals surface area contributed by atoms with E-state index in [1.54, 1.807) is 0 Å². The van der Waals surface area contributed by atoms with Crippen LogP contribution in [-0.4, -0.2) is 57.8 Å². The molecule has 9 rings (SSSR count). The van der Waals surface area contributed by atoms with Crippen molar-refractivity contribution >= 4 is 34.1 Å². The van der Waals surface area contributed by atoms with E-state index in [0.29, 0.717) is 11.8 Å². The molecule has 1 saturated heterocycles. The number of likely N-dealkylation sites (tertiary alicyclic amines) is 1. The van der Waals surface area contributed by atoms with Crippen molar-refractivity contribution < 1.29 is 14.3 Å². The molecule has 250 valence electrons. The molecule has 4 fully saturated rings. The number of hydrogen-bond donors (Lipinski definition) is 2. The van der Waals surface area contributed by atoms with E-state index in [2.05, 4.69) is 71.0 Å². The van der Waals surface area contributed by atoms with Crippen molar-refractivity contribution in [3.05, 3.63) is 84.4 Å². The lowest BCUT2D eigenvalue weighted by Gasteiger charge is -2.33. The molecule has 2 amide bonds. The smallest absolute Gasteiger partial charge is 0.407 e. The Morgan fingerprint density at radius 3 is 2.29 bits per heavy atom. The number of carbonyl (C=O) groups excluding carboxylic acids is 2. The average Bonchev–Trinajstić information content (AvgIpc) is 3.68. The van der Waals surface area contributed by atoms with Crippen molar-refractivity contribution in [2.45, 2.75) is 76.4 Å². The summed E-state index contributed by atoms with van der Waals surface area (Å²) in [5, 5.41) is 5.20. The summed E-state index contributed by atoms with van der Waals surface area (Å²) in [5.41, 5.74) is 7.99. The first kappa shape index (κ1) is 30.3. The molecule has 0 spiro atoms. The van der Waals surface area contributed by atoms with E-state index in [0.717, 1.165) is 53.9 Å². The largest absolute Gasteiger partial charge is 0.453 e. The number of H-pyrrole nitrogens is 1. The number of nitrogens with zero attached hydrogens (tertiary/aromatic N) is 3. The van der Waals surface area contributed by atoms with E-state index in [-0.39, 0.29) is 23.9 Å². The number of piperidine rings is 1. The molecular formula is C41H43N5O3. The third kappa shape index (κ3) is 5.55. The van der Waals surface area contributed by atoms with Crippen molar-refractivity contribution in [2.75, 3.05) is 7.11 Å². The number of aromatic amines is 1. The molecule has 5 aliphatic rings. The summed E-state index contributed by atoms with van der Waals surface area (Å²) < 4.78 is 4.81. The van der Waals surface area contributed by atoms with E-state index in [4.69, 9.17) is 14.7 Å². The van der Waals surface area contributed by atoms with Crippen LogP contribution in [0.25, 0.3) is 38.7 Å². The molecule has 1 aromatic heterocycles. The summed E-state index contributed by atoms with van der Waals surface area (Å²) >= 11 is 0. The normalized spacial score (nSPS) is 27.1. The number of aliphatic imine (C=N–C) groups is 1. The highest BCUT2D eigenvalue weighted by Crippen LogP contribution is 2.57. The predicted octanol–water partition coefficient (Wildman–Crippen LogP) is 7.97. The number of aromatic nitrogens is 2. The van der Waals surface area contributed by atoms with Gasteiger partial charge in [0.2, 0.25) is 5.91 Å². The summed E-state index contributed by atoms with van der Waals surface area (Å²) in [6.07, 6.45) is 10.1. The van der Waals surface area contributed by atoms with Gasteiger partial charge in [-0.25, -0.2) is 9.78 Å². The van der Waals surface area contributed by atoms with Crippen molar-refractivity contribution in [3.8, 4) is 22.4 Å². The first-order valence-corrected chi connectivity index (χ1v) is 17.9. The lowest BCUT2D eigenvalue weighted by Crippen LogP contribution is -2.54. The summed E-state index contributed by atoms with van der Waals surface area (Å²) in [6.45, 7) is 3.90. The Bertz CT molecular complexity index is 2020. The number of carbonyl (C=O) groups is 2. The van der Waals surface area contributed by atoms with Crippen molar-refractivity contribution in [2.24, 2.45) is 28.7 Å². The number of alkyl carbamates (subject to hydrolysis) is 1. The van der Waals surface area contributed by atoms with Gasteiger partial charge in [-0.1, -0.05) is 62.4 Å². The molecule has 7 atom stereocenters.